The molecule has 2 amide bonds. The van der Waals surface area contributed by atoms with Crippen molar-refractivity contribution in [3.63, 3.8) is 0 Å². The summed E-state index contributed by atoms with van der Waals surface area (Å²) >= 11 is 0. The minimum Gasteiger partial charge on any atom is -0.354 e. The van der Waals surface area contributed by atoms with Crippen LogP contribution in [0.1, 0.15) is 23.2 Å². The maximum atomic E-state index is 11.6. The monoisotopic (exact) mass is 264 g/mol. The molecule has 0 saturated carbocycles. The van der Waals surface area contributed by atoms with Gasteiger partial charge in [0.25, 0.3) is 5.91 Å². The number of nitrogens with zero attached hydrogens (tertiary/aromatic N) is 1. The molecule has 0 spiro atoms. The van der Waals surface area contributed by atoms with Crippen LogP contribution in [0.15, 0.2) is 24.5 Å². The molecule has 0 aliphatic heterocycles. The Labute approximate surface area is 113 Å². The number of amides is 2. The number of hydrogen-bond acceptors (Lipinski definition) is 4. The van der Waals surface area contributed by atoms with Crippen molar-refractivity contribution in [2.75, 3.05) is 26.7 Å². The van der Waals surface area contributed by atoms with Gasteiger partial charge in [-0.25, -0.2) is 0 Å². The Bertz CT molecular complexity index is 395. The second-order valence-corrected chi connectivity index (χ2v) is 4.05. The average molecular weight is 264 g/mol. The van der Waals surface area contributed by atoms with Gasteiger partial charge < -0.3 is 16.0 Å². The molecule has 1 aromatic rings. The fourth-order valence-corrected chi connectivity index (χ4v) is 1.49. The molecule has 0 atom stereocenters. The Morgan fingerprint density at radius 2 is 2.00 bits per heavy atom. The lowest BCUT2D eigenvalue weighted by Gasteiger charge is -2.07. The van der Waals surface area contributed by atoms with Crippen LogP contribution < -0.4 is 16.0 Å². The van der Waals surface area contributed by atoms with E-state index in [4.69, 9.17) is 0 Å². The van der Waals surface area contributed by atoms with Crippen molar-refractivity contribution in [3.05, 3.63) is 30.1 Å². The summed E-state index contributed by atoms with van der Waals surface area (Å²) in [6, 6.07) is 3.40. The minimum atomic E-state index is -0.183. The molecule has 0 aliphatic carbocycles. The first kappa shape index (κ1) is 15.1. The smallest absolute Gasteiger partial charge is 0.252 e. The molecule has 3 N–H and O–H groups in total. The van der Waals surface area contributed by atoms with Gasteiger partial charge in [0.2, 0.25) is 5.91 Å². The van der Waals surface area contributed by atoms with Crippen molar-refractivity contribution in [3.8, 4) is 0 Å². The zero-order chi connectivity index (χ0) is 13.9. The molecular formula is C13H20N4O2. The summed E-state index contributed by atoms with van der Waals surface area (Å²) in [7, 11) is 1.85. The van der Waals surface area contributed by atoms with Crippen LogP contribution in [0, 0.1) is 0 Å². The summed E-state index contributed by atoms with van der Waals surface area (Å²) in [5.74, 6) is -0.177. The van der Waals surface area contributed by atoms with E-state index in [0.29, 0.717) is 25.1 Å². The van der Waals surface area contributed by atoms with E-state index in [0.717, 1.165) is 13.0 Å². The Balaban J connectivity index is 2.11. The van der Waals surface area contributed by atoms with Gasteiger partial charge in [0, 0.05) is 31.9 Å². The van der Waals surface area contributed by atoms with Gasteiger partial charge in [-0.05, 0) is 32.1 Å². The van der Waals surface area contributed by atoms with Crippen LogP contribution in [0.5, 0.6) is 0 Å². The fourth-order valence-electron chi connectivity index (χ4n) is 1.49. The zero-order valence-corrected chi connectivity index (χ0v) is 11.1. The molecule has 0 saturated heterocycles. The van der Waals surface area contributed by atoms with Crippen molar-refractivity contribution in [1.29, 1.82) is 0 Å². The predicted octanol–water partition coefficient (Wildman–Crippen LogP) is -0.0728. The largest absolute Gasteiger partial charge is 0.354 e. The standard InChI is InChI=1S/C13H20N4O2/c1-14-6-3-5-12(18)16-8-9-17-13(19)11-4-2-7-15-10-11/h2,4,7,10,14H,3,5-6,8-9H2,1H3,(H,16,18)(H,17,19). The Kier molecular flexibility index (Phi) is 7.19. The topological polar surface area (TPSA) is 83.1 Å². The van der Waals surface area contributed by atoms with Crippen LogP contribution in [0.2, 0.25) is 0 Å². The van der Waals surface area contributed by atoms with Crippen molar-refractivity contribution >= 4 is 11.8 Å². The third kappa shape index (κ3) is 6.52. The van der Waals surface area contributed by atoms with Gasteiger partial charge in [0.05, 0.1) is 5.56 Å². The molecule has 1 rings (SSSR count). The second-order valence-electron chi connectivity index (χ2n) is 4.05. The first-order valence-corrected chi connectivity index (χ1v) is 6.33. The number of rotatable bonds is 8. The zero-order valence-electron chi connectivity index (χ0n) is 11.1. The fraction of sp³-hybridized carbons (Fsp3) is 0.462. The Hall–Kier alpha value is -1.95. The lowest BCUT2D eigenvalue weighted by molar-refractivity contribution is -0.121. The third-order valence-electron chi connectivity index (χ3n) is 2.49. The summed E-state index contributed by atoms with van der Waals surface area (Å²) in [4.78, 5) is 26.9. The minimum absolute atomic E-state index is 0.00544. The number of carbonyl (C=O) groups is 2. The van der Waals surface area contributed by atoms with E-state index in [9.17, 15) is 9.59 Å². The highest BCUT2D eigenvalue weighted by Crippen LogP contribution is 1.94. The first-order chi connectivity index (χ1) is 9.24. The molecule has 19 heavy (non-hydrogen) atoms. The molecule has 1 heterocycles. The van der Waals surface area contributed by atoms with Gasteiger partial charge >= 0.3 is 0 Å². The maximum Gasteiger partial charge on any atom is 0.252 e. The number of aromatic nitrogens is 1. The van der Waals surface area contributed by atoms with Crippen molar-refractivity contribution < 1.29 is 9.59 Å². The highest BCUT2D eigenvalue weighted by Gasteiger charge is 2.04. The van der Waals surface area contributed by atoms with E-state index in [2.05, 4.69) is 20.9 Å². The van der Waals surface area contributed by atoms with E-state index >= 15 is 0 Å². The SMILES string of the molecule is CNCCCC(=O)NCCNC(=O)c1cccnc1. The van der Waals surface area contributed by atoms with Crippen molar-refractivity contribution in [2.24, 2.45) is 0 Å². The van der Waals surface area contributed by atoms with Gasteiger partial charge in [-0.1, -0.05) is 0 Å². The molecule has 0 fully saturated rings. The van der Waals surface area contributed by atoms with E-state index in [-0.39, 0.29) is 11.8 Å². The second kappa shape index (κ2) is 9.04. The lowest BCUT2D eigenvalue weighted by atomic mass is 10.2. The quantitative estimate of drug-likeness (QED) is 0.574. The van der Waals surface area contributed by atoms with Crippen LogP contribution in [0.3, 0.4) is 0 Å². The molecule has 0 radical (unpaired) electrons. The lowest BCUT2D eigenvalue weighted by Crippen LogP contribution is -2.34. The Morgan fingerprint density at radius 3 is 2.68 bits per heavy atom. The molecule has 0 aliphatic rings. The molecule has 0 unspecified atom stereocenters. The highest BCUT2D eigenvalue weighted by atomic mass is 16.2. The average Bonchev–Trinajstić information content (AvgIpc) is 2.44. The molecule has 6 heteroatoms. The van der Waals surface area contributed by atoms with Crippen molar-refractivity contribution in [1.82, 2.24) is 20.9 Å². The third-order valence-corrected chi connectivity index (χ3v) is 2.49. The maximum absolute atomic E-state index is 11.6. The van der Waals surface area contributed by atoms with Crippen LogP contribution in [0.25, 0.3) is 0 Å². The van der Waals surface area contributed by atoms with E-state index in [1.165, 1.54) is 6.20 Å². The van der Waals surface area contributed by atoms with Gasteiger partial charge in [0.1, 0.15) is 0 Å². The first-order valence-electron chi connectivity index (χ1n) is 6.33. The highest BCUT2D eigenvalue weighted by molar-refractivity contribution is 5.93. The van der Waals surface area contributed by atoms with Crippen molar-refractivity contribution in [2.45, 2.75) is 12.8 Å². The summed E-state index contributed by atoms with van der Waals surface area (Å²) in [6.45, 7) is 1.67. The van der Waals surface area contributed by atoms with E-state index in [1.54, 1.807) is 18.3 Å². The summed E-state index contributed by atoms with van der Waals surface area (Å²) < 4.78 is 0. The molecule has 6 nitrogen and oxygen atoms in total. The molecular weight excluding hydrogens is 244 g/mol. The Morgan fingerprint density at radius 1 is 1.21 bits per heavy atom. The van der Waals surface area contributed by atoms with Gasteiger partial charge in [-0.15, -0.1) is 0 Å². The number of carbonyl (C=O) groups excluding carboxylic acids is 2. The molecule has 0 bridgehead atoms. The summed E-state index contributed by atoms with van der Waals surface area (Å²) in [6.07, 6.45) is 4.43. The van der Waals surface area contributed by atoms with Gasteiger partial charge in [0.15, 0.2) is 0 Å². The van der Waals surface area contributed by atoms with Crippen LogP contribution in [-0.2, 0) is 4.79 Å². The van der Waals surface area contributed by atoms with Gasteiger partial charge in [-0.2, -0.15) is 0 Å². The summed E-state index contributed by atoms with van der Waals surface area (Å²) in [5.41, 5.74) is 0.517. The van der Waals surface area contributed by atoms with Crippen LogP contribution in [0.4, 0.5) is 0 Å². The van der Waals surface area contributed by atoms with E-state index < -0.39 is 0 Å². The van der Waals surface area contributed by atoms with Crippen LogP contribution >= 0.6 is 0 Å². The number of nitrogens with one attached hydrogen (secondary N) is 3. The molecule has 1 aromatic heterocycles. The predicted molar refractivity (Wildman–Crippen MR) is 72.7 cm³/mol. The number of pyridine rings is 1. The van der Waals surface area contributed by atoms with Crippen LogP contribution in [-0.4, -0.2) is 43.5 Å². The molecule has 0 aromatic carbocycles. The van der Waals surface area contributed by atoms with Gasteiger partial charge in [-0.3, -0.25) is 14.6 Å². The normalized spacial score (nSPS) is 9.95. The molecule has 104 valence electrons. The summed E-state index contributed by atoms with van der Waals surface area (Å²) in [5, 5.41) is 8.45. The van der Waals surface area contributed by atoms with E-state index in [1.807, 2.05) is 7.05 Å². The number of hydrogen-bond donors (Lipinski definition) is 3.